The number of anilines is 3. The Morgan fingerprint density at radius 1 is 1.02 bits per heavy atom. The summed E-state index contributed by atoms with van der Waals surface area (Å²) in [6, 6.07) is 11.9. The Morgan fingerprint density at radius 2 is 1.71 bits per heavy atom. The summed E-state index contributed by atoms with van der Waals surface area (Å²) in [5.74, 6) is 0.143. The second-order valence-corrected chi connectivity index (χ2v) is 9.83. The first-order chi connectivity index (χ1) is 19.1. The van der Waals surface area contributed by atoms with Gasteiger partial charge < -0.3 is 34.8 Å². The third kappa shape index (κ3) is 7.99. The standard InChI is InChI=1S/C24H24ClN7O7S.Na/c1-39-17-5-2-15(3-6-17)30-31-20-19(40(36,37)38)13-14-12-16(4-7-18(14)21(20)35)26-23-27-22(25)28-24(29-23)32(8-10-33)9-11-34;/h2-7,12-13,33-35H,8-11H2,1H3,(H,36,37,38)(H,26,27,28,29);/q;+1/p-1. The molecule has 0 atom stereocenters. The van der Waals surface area contributed by atoms with E-state index in [9.17, 15) is 28.3 Å². The molecule has 210 valence electrons. The number of nitrogens with one attached hydrogen (secondary N) is 1. The van der Waals surface area contributed by atoms with Crippen LogP contribution in [-0.2, 0) is 10.1 Å². The summed E-state index contributed by atoms with van der Waals surface area (Å²) in [6.45, 7) is -0.153. The minimum Gasteiger partial charge on any atom is -0.744 e. The number of phenolic OH excluding ortho intramolecular Hbond substituents is 1. The van der Waals surface area contributed by atoms with Crippen molar-refractivity contribution < 1.29 is 62.6 Å². The summed E-state index contributed by atoms with van der Waals surface area (Å²) in [4.78, 5) is 13.0. The summed E-state index contributed by atoms with van der Waals surface area (Å²) < 4.78 is 41.3. The fourth-order valence-electron chi connectivity index (χ4n) is 3.69. The molecular weight excluding hydrogens is 589 g/mol. The van der Waals surface area contributed by atoms with Gasteiger partial charge in [0.05, 0.1) is 30.9 Å². The van der Waals surface area contributed by atoms with E-state index in [1.807, 2.05) is 0 Å². The third-order valence-electron chi connectivity index (χ3n) is 5.53. The van der Waals surface area contributed by atoms with Gasteiger partial charge in [0.25, 0.3) is 0 Å². The normalized spacial score (nSPS) is 11.4. The number of aromatic hydroxyl groups is 1. The number of hydrogen-bond acceptors (Lipinski definition) is 14. The molecule has 0 aliphatic carbocycles. The van der Waals surface area contributed by atoms with Crippen molar-refractivity contribution >= 4 is 61.5 Å². The quantitative estimate of drug-likeness (QED) is 0.102. The van der Waals surface area contributed by atoms with E-state index >= 15 is 0 Å². The van der Waals surface area contributed by atoms with Crippen LogP contribution < -0.4 is 44.5 Å². The smallest absolute Gasteiger partial charge is 0.744 e. The molecule has 4 N–H and O–H groups in total. The monoisotopic (exact) mass is 611 g/mol. The van der Waals surface area contributed by atoms with E-state index in [1.165, 1.54) is 24.1 Å². The molecule has 17 heteroatoms. The maximum Gasteiger partial charge on any atom is 1.00 e. The van der Waals surface area contributed by atoms with Gasteiger partial charge in [0, 0.05) is 24.2 Å². The number of halogens is 1. The van der Waals surface area contributed by atoms with Crippen LogP contribution in [0.25, 0.3) is 10.8 Å². The average molecular weight is 612 g/mol. The first-order valence-electron chi connectivity index (χ1n) is 11.6. The van der Waals surface area contributed by atoms with Gasteiger partial charge in [0.2, 0.25) is 17.2 Å². The molecule has 0 saturated heterocycles. The van der Waals surface area contributed by atoms with Crippen molar-refractivity contribution in [3.8, 4) is 11.5 Å². The van der Waals surface area contributed by atoms with Crippen molar-refractivity contribution in [1.82, 2.24) is 15.0 Å². The van der Waals surface area contributed by atoms with Crippen LogP contribution in [0.1, 0.15) is 0 Å². The van der Waals surface area contributed by atoms with Crippen molar-refractivity contribution in [3.63, 3.8) is 0 Å². The molecular formula is C24H23ClN7NaO7S. The molecule has 4 rings (SSSR count). The molecule has 0 bridgehead atoms. The molecule has 0 unspecified atom stereocenters. The van der Waals surface area contributed by atoms with Gasteiger partial charge in [-0.05, 0) is 65.5 Å². The zero-order valence-electron chi connectivity index (χ0n) is 21.9. The maximum atomic E-state index is 12.1. The minimum absolute atomic E-state index is 0. The van der Waals surface area contributed by atoms with Crippen LogP contribution in [0, 0.1) is 0 Å². The average Bonchev–Trinajstić information content (AvgIpc) is 2.91. The molecule has 0 amide bonds. The molecule has 0 radical (unpaired) electrons. The van der Waals surface area contributed by atoms with Crippen molar-refractivity contribution in [1.29, 1.82) is 0 Å². The number of azo groups is 1. The fraction of sp³-hybridized carbons (Fsp3) is 0.208. The number of phenols is 1. The van der Waals surface area contributed by atoms with Gasteiger partial charge in [0.1, 0.15) is 21.6 Å². The van der Waals surface area contributed by atoms with E-state index in [1.54, 1.807) is 30.3 Å². The molecule has 0 aliphatic rings. The number of fused-ring (bicyclic) bond motifs is 1. The van der Waals surface area contributed by atoms with Crippen LogP contribution in [0.5, 0.6) is 11.5 Å². The van der Waals surface area contributed by atoms with Crippen LogP contribution in [0.3, 0.4) is 0 Å². The molecule has 41 heavy (non-hydrogen) atoms. The summed E-state index contributed by atoms with van der Waals surface area (Å²) in [7, 11) is -3.57. The van der Waals surface area contributed by atoms with Crippen LogP contribution >= 0.6 is 11.6 Å². The van der Waals surface area contributed by atoms with Gasteiger partial charge in [0.15, 0.2) is 5.75 Å². The molecule has 4 aromatic rings. The number of benzene rings is 3. The molecule has 0 spiro atoms. The summed E-state index contributed by atoms with van der Waals surface area (Å²) in [6.07, 6.45) is 0. The number of methoxy groups -OCH3 is 1. The maximum absolute atomic E-state index is 12.1. The SMILES string of the molecule is COc1ccc(N=Nc2c(S(=O)(=O)[O-])cc3cc(Nc4nc(Cl)nc(N(CCO)CCO)n4)ccc3c2O)cc1.[Na+]. The molecule has 0 saturated carbocycles. The van der Waals surface area contributed by atoms with E-state index in [0.717, 1.165) is 6.07 Å². The number of aliphatic hydroxyl groups is 2. The predicted octanol–water partition coefficient (Wildman–Crippen LogP) is 0.250. The first kappa shape index (κ1) is 32.4. The minimum atomic E-state index is -5.07. The summed E-state index contributed by atoms with van der Waals surface area (Å²) >= 11 is 6.04. The van der Waals surface area contributed by atoms with Crippen LogP contribution in [-0.4, -0.2) is 76.7 Å². The third-order valence-corrected chi connectivity index (χ3v) is 6.55. The van der Waals surface area contributed by atoms with Crippen molar-refractivity contribution in [2.75, 3.05) is 43.6 Å². The Kier molecular flexibility index (Phi) is 11.2. The van der Waals surface area contributed by atoms with Crippen LogP contribution in [0.2, 0.25) is 5.28 Å². The van der Waals surface area contributed by atoms with E-state index in [4.69, 9.17) is 16.3 Å². The molecule has 0 aliphatic heterocycles. The number of aromatic nitrogens is 3. The van der Waals surface area contributed by atoms with Gasteiger partial charge in [-0.15, -0.1) is 5.11 Å². The Hall–Kier alpha value is -3.15. The number of nitrogens with zero attached hydrogens (tertiary/aromatic N) is 6. The van der Waals surface area contributed by atoms with Crippen LogP contribution in [0.15, 0.2) is 63.7 Å². The van der Waals surface area contributed by atoms with E-state index in [0.29, 0.717) is 17.1 Å². The molecule has 1 heterocycles. The first-order valence-corrected chi connectivity index (χ1v) is 13.4. The summed E-state index contributed by atoms with van der Waals surface area (Å²) in [5, 5.41) is 40.4. The van der Waals surface area contributed by atoms with E-state index in [-0.39, 0.29) is 83.8 Å². The largest absolute Gasteiger partial charge is 1.00 e. The van der Waals surface area contributed by atoms with Crippen molar-refractivity contribution in [2.24, 2.45) is 10.2 Å². The number of hydrogen-bond donors (Lipinski definition) is 4. The van der Waals surface area contributed by atoms with Gasteiger partial charge in [-0.25, -0.2) is 8.42 Å². The topological polar surface area (TPSA) is 206 Å². The molecule has 1 aromatic heterocycles. The summed E-state index contributed by atoms with van der Waals surface area (Å²) in [5.41, 5.74) is 0.194. The van der Waals surface area contributed by atoms with E-state index in [2.05, 4.69) is 30.5 Å². The van der Waals surface area contributed by atoms with Crippen molar-refractivity contribution in [3.05, 3.63) is 53.8 Å². The Balaban J connectivity index is 0.00000462. The number of rotatable bonds is 11. The molecule has 3 aromatic carbocycles. The Bertz CT molecular complexity index is 1650. The van der Waals surface area contributed by atoms with Gasteiger partial charge in [-0.2, -0.15) is 20.1 Å². The second kappa shape index (κ2) is 14.2. The molecule has 0 fully saturated rings. The zero-order valence-corrected chi connectivity index (χ0v) is 25.5. The fourth-order valence-corrected chi connectivity index (χ4v) is 4.49. The van der Waals surface area contributed by atoms with Crippen LogP contribution in [0.4, 0.5) is 29.0 Å². The van der Waals surface area contributed by atoms with Gasteiger partial charge in [-0.1, -0.05) is 0 Å². The predicted molar refractivity (Wildman–Crippen MR) is 145 cm³/mol. The van der Waals surface area contributed by atoms with E-state index < -0.39 is 26.5 Å². The van der Waals surface area contributed by atoms with Crippen molar-refractivity contribution in [2.45, 2.75) is 4.90 Å². The number of aliphatic hydroxyl groups excluding tert-OH is 2. The van der Waals surface area contributed by atoms with Gasteiger partial charge >= 0.3 is 29.6 Å². The zero-order chi connectivity index (χ0) is 28.9. The Labute approximate surface area is 261 Å². The van der Waals surface area contributed by atoms with Gasteiger partial charge in [-0.3, -0.25) is 0 Å². The second-order valence-electron chi connectivity index (χ2n) is 8.15. The number of ether oxygens (including phenoxy) is 1. The Morgan fingerprint density at radius 3 is 2.32 bits per heavy atom. The molecule has 14 nitrogen and oxygen atoms in total.